The van der Waals surface area contributed by atoms with Gasteiger partial charge >= 0.3 is 0 Å². The lowest BCUT2D eigenvalue weighted by Crippen LogP contribution is -2.31. The zero-order chi connectivity index (χ0) is 15.5. The molecule has 4 nitrogen and oxygen atoms in total. The van der Waals surface area contributed by atoms with Gasteiger partial charge in [0, 0.05) is 18.2 Å². The van der Waals surface area contributed by atoms with Gasteiger partial charge in [0.2, 0.25) is 0 Å². The van der Waals surface area contributed by atoms with Crippen LogP contribution in [0.2, 0.25) is 0 Å². The first kappa shape index (κ1) is 17.6. The fourth-order valence-electron chi connectivity index (χ4n) is 2.48. The van der Waals surface area contributed by atoms with Crippen molar-refractivity contribution in [1.82, 2.24) is 5.32 Å². The topological polar surface area (TPSA) is 55.2 Å². The Balaban J connectivity index is 2.51. The van der Waals surface area contributed by atoms with Crippen molar-refractivity contribution in [2.45, 2.75) is 64.8 Å². The van der Waals surface area contributed by atoms with Crippen LogP contribution in [0.3, 0.4) is 0 Å². The summed E-state index contributed by atoms with van der Waals surface area (Å²) in [4.78, 5) is 10.3. The maximum absolute atomic E-state index is 10.7. The van der Waals surface area contributed by atoms with Gasteiger partial charge in [-0.2, -0.15) is 0 Å². The van der Waals surface area contributed by atoms with E-state index >= 15 is 0 Å². The van der Waals surface area contributed by atoms with E-state index in [2.05, 4.69) is 19.2 Å². The normalized spacial score (nSPS) is 12.3. The molecular weight excluding hydrogens is 264 g/mol. The Kier molecular flexibility index (Phi) is 8.67. The predicted octanol–water partition coefficient (Wildman–Crippen LogP) is 4.48. The predicted molar refractivity (Wildman–Crippen MR) is 87.6 cm³/mol. The van der Waals surface area contributed by atoms with E-state index in [-0.39, 0.29) is 10.6 Å². The highest BCUT2D eigenvalue weighted by molar-refractivity contribution is 5.33. The molecule has 0 aliphatic carbocycles. The van der Waals surface area contributed by atoms with E-state index in [0.717, 1.165) is 19.4 Å². The largest absolute Gasteiger partial charge is 0.314 e. The van der Waals surface area contributed by atoms with E-state index in [0.29, 0.717) is 6.04 Å². The minimum absolute atomic E-state index is 0.166. The number of rotatable bonds is 11. The molecule has 0 aliphatic heterocycles. The molecule has 1 aromatic carbocycles. The van der Waals surface area contributed by atoms with Gasteiger partial charge < -0.3 is 5.32 Å². The Morgan fingerprint density at radius 2 is 1.81 bits per heavy atom. The second-order valence-electron chi connectivity index (χ2n) is 5.63. The average Bonchev–Trinajstić information content (AvgIpc) is 2.49. The summed E-state index contributed by atoms with van der Waals surface area (Å²) in [5.74, 6) is 0. The second kappa shape index (κ2) is 10.3. The summed E-state index contributed by atoms with van der Waals surface area (Å²) in [5.41, 5.74) is 1.34. The van der Waals surface area contributed by atoms with Crippen LogP contribution >= 0.6 is 0 Å². The molecule has 1 rings (SSSR count). The minimum atomic E-state index is -0.346. The summed E-state index contributed by atoms with van der Waals surface area (Å²) >= 11 is 0. The van der Waals surface area contributed by atoms with Gasteiger partial charge in [-0.15, -0.1) is 0 Å². The smallest absolute Gasteiger partial charge is 0.269 e. The third-order valence-electron chi connectivity index (χ3n) is 3.72. The average molecular weight is 292 g/mol. The zero-order valence-corrected chi connectivity index (χ0v) is 13.3. The van der Waals surface area contributed by atoms with Crippen molar-refractivity contribution in [2.75, 3.05) is 6.54 Å². The Labute approximate surface area is 128 Å². The molecule has 1 aromatic rings. The number of unbranched alkanes of at least 4 members (excludes halogenated alkanes) is 3. The first-order valence-electron chi connectivity index (χ1n) is 8.14. The Bertz CT molecular complexity index is 404. The van der Waals surface area contributed by atoms with Crippen molar-refractivity contribution in [2.24, 2.45) is 0 Å². The van der Waals surface area contributed by atoms with Gasteiger partial charge in [-0.05, 0) is 31.4 Å². The molecule has 118 valence electrons. The van der Waals surface area contributed by atoms with Crippen LogP contribution in [0.25, 0.3) is 0 Å². The van der Waals surface area contributed by atoms with Crippen LogP contribution in [0.4, 0.5) is 5.69 Å². The number of nitro groups is 1. The molecule has 0 amide bonds. The maximum Gasteiger partial charge on any atom is 0.269 e. The molecule has 21 heavy (non-hydrogen) atoms. The summed E-state index contributed by atoms with van der Waals surface area (Å²) in [5, 5.41) is 14.3. The van der Waals surface area contributed by atoms with Gasteiger partial charge in [0.15, 0.2) is 0 Å². The van der Waals surface area contributed by atoms with Gasteiger partial charge in [0.25, 0.3) is 5.69 Å². The standard InChI is InChI=1S/C17H28N2O2/c1-3-5-6-7-8-16(18-13-4-2)14-15-9-11-17(12-10-15)19(20)21/h9-12,16,18H,3-8,13-14H2,1-2H3. The third kappa shape index (κ3) is 7.23. The van der Waals surface area contributed by atoms with E-state index in [1.165, 1.54) is 37.7 Å². The molecule has 0 fully saturated rings. The van der Waals surface area contributed by atoms with Crippen molar-refractivity contribution in [3.05, 3.63) is 39.9 Å². The monoisotopic (exact) mass is 292 g/mol. The van der Waals surface area contributed by atoms with E-state index in [1.807, 2.05) is 12.1 Å². The summed E-state index contributed by atoms with van der Waals surface area (Å²) in [6, 6.07) is 7.44. The fraction of sp³-hybridized carbons (Fsp3) is 0.647. The third-order valence-corrected chi connectivity index (χ3v) is 3.72. The molecule has 1 atom stereocenters. The number of nitro benzene ring substituents is 1. The quantitative estimate of drug-likeness (QED) is 0.372. The number of hydrogen-bond donors (Lipinski definition) is 1. The lowest BCUT2D eigenvalue weighted by molar-refractivity contribution is -0.384. The second-order valence-corrected chi connectivity index (χ2v) is 5.63. The first-order chi connectivity index (χ1) is 10.2. The van der Waals surface area contributed by atoms with Gasteiger partial charge in [-0.1, -0.05) is 51.7 Å². The van der Waals surface area contributed by atoms with E-state index < -0.39 is 0 Å². The highest BCUT2D eigenvalue weighted by Gasteiger charge is 2.10. The molecule has 0 aliphatic rings. The summed E-state index contributed by atoms with van der Waals surface area (Å²) < 4.78 is 0. The molecular formula is C17H28N2O2. The molecule has 0 spiro atoms. The molecule has 0 saturated heterocycles. The number of hydrogen-bond acceptors (Lipinski definition) is 3. The molecule has 0 bridgehead atoms. The van der Waals surface area contributed by atoms with Crippen LogP contribution < -0.4 is 5.32 Å². The van der Waals surface area contributed by atoms with Crippen LogP contribution in [-0.2, 0) is 6.42 Å². The van der Waals surface area contributed by atoms with Crippen LogP contribution in [0, 0.1) is 10.1 Å². The number of benzene rings is 1. The minimum Gasteiger partial charge on any atom is -0.314 e. The molecule has 0 saturated carbocycles. The molecule has 1 N–H and O–H groups in total. The van der Waals surface area contributed by atoms with Gasteiger partial charge in [0.05, 0.1) is 4.92 Å². The first-order valence-corrected chi connectivity index (χ1v) is 8.14. The van der Waals surface area contributed by atoms with Crippen molar-refractivity contribution in [3.8, 4) is 0 Å². The van der Waals surface area contributed by atoms with Crippen LogP contribution in [0.15, 0.2) is 24.3 Å². The van der Waals surface area contributed by atoms with Crippen LogP contribution in [0.5, 0.6) is 0 Å². The lowest BCUT2D eigenvalue weighted by atomic mass is 9.99. The van der Waals surface area contributed by atoms with Crippen molar-refractivity contribution < 1.29 is 4.92 Å². The summed E-state index contributed by atoms with van der Waals surface area (Å²) in [7, 11) is 0. The number of non-ortho nitro benzene ring substituents is 1. The van der Waals surface area contributed by atoms with Gasteiger partial charge in [-0.3, -0.25) is 10.1 Å². The lowest BCUT2D eigenvalue weighted by Gasteiger charge is -2.18. The van der Waals surface area contributed by atoms with Crippen LogP contribution in [-0.4, -0.2) is 17.5 Å². The Morgan fingerprint density at radius 3 is 2.38 bits per heavy atom. The SMILES string of the molecule is CCCCCCC(Cc1ccc([N+](=O)[O-])cc1)NCCC. The molecule has 0 heterocycles. The molecule has 0 radical (unpaired) electrons. The molecule has 0 aromatic heterocycles. The Hall–Kier alpha value is -1.42. The highest BCUT2D eigenvalue weighted by atomic mass is 16.6. The summed E-state index contributed by atoms with van der Waals surface area (Å²) in [6.07, 6.45) is 8.36. The zero-order valence-electron chi connectivity index (χ0n) is 13.3. The fourth-order valence-corrected chi connectivity index (χ4v) is 2.48. The number of nitrogens with zero attached hydrogens (tertiary/aromatic N) is 1. The Morgan fingerprint density at radius 1 is 1.10 bits per heavy atom. The number of nitrogens with one attached hydrogen (secondary N) is 1. The van der Waals surface area contributed by atoms with E-state index in [1.54, 1.807) is 12.1 Å². The highest BCUT2D eigenvalue weighted by Crippen LogP contribution is 2.15. The van der Waals surface area contributed by atoms with E-state index in [9.17, 15) is 10.1 Å². The maximum atomic E-state index is 10.7. The van der Waals surface area contributed by atoms with Gasteiger partial charge in [-0.25, -0.2) is 0 Å². The molecule has 4 heteroatoms. The van der Waals surface area contributed by atoms with Crippen molar-refractivity contribution in [3.63, 3.8) is 0 Å². The van der Waals surface area contributed by atoms with Crippen LogP contribution in [0.1, 0.15) is 57.9 Å². The van der Waals surface area contributed by atoms with E-state index in [4.69, 9.17) is 0 Å². The molecule has 1 unspecified atom stereocenters. The van der Waals surface area contributed by atoms with Crippen molar-refractivity contribution >= 4 is 5.69 Å². The van der Waals surface area contributed by atoms with Crippen molar-refractivity contribution in [1.29, 1.82) is 0 Å². The summed E-state index contributed by atoms with van der Waals surface area (Å²) in [6.45, 7) is 5.43. The van der Waals surface area contributed by atoms with Gasteiger partial charge in [0.1, 0.15) is 0 Å².